The number of aryl methyl sites for hydroxylation is 4. The van der Waals surface area contributed by atoms with Crippen molar-refractivity contribution in [2.75, 3.05) is 0 Å². The second-order valence-electron chi connectivity index (χ2n) is 4.85. The second-order valence-corrected chi connectivity index (χ2v) is 5.67. The molecule has 0 heterocycles. The fourth-order valence-corrected chi connectivity index (χ4v) is 3.05. The van der Waals surface area contributed by atoms with Crippen molar-refractivity contribution in [3.63, 3.8) is 0 Å². The van der Waals surface area contributed by atoms with Crippen LogP contribution >= 0.6 is 23.2 Å². The zero-order chi connectivity index (χ0) is 12.5. The Morgan fingerprint density at radius 1 is 0.611 bits per heavy atom. The summed E-state index contributed by atoms with van der Waals surface area (Å²) in [5, 5.41) is 1.79. The minimum Gasteiger partial charge on any atom is -0.0840 e. The summed E-state index contributed by atoms with van der Waals surface area (Å²) in [4.78, 5) is 0. The molecule has 0 spiro atoms. The Kier molecular flexibility index (Phi) is 3.32. The van der Waals surface area contributed by atoms with Crippen molar-refractivity contribution in [1.82, 2.24) is 0 Å². The van der Waals surface area contributed by atoms with Crippen LogP contribution in [0.15, 0.2) is 36.4 Å². The van der Waals surface area contributed by atoms with Gasteiger partial charge in [-0.1, -0.05) is 47.5 Å². The first-order chi connectivity index (χ1) is 8.72. The highest BCUT2D eigenvalue weighted by molar-refractivity contribution is 6.31. The molecule has 0 N–H and O–H groups in total. The molecular formula is C16H14Cl2. The van der Waals surface area contributed by atoms with Crippen LogP contribution in [0.3, 0.4) is 0 Å². The smallest absolute Gasteiger partial charge is 0.0440 e. The molecule has 2 heteroatoms. The standard InChI is InChI=1S/C16H14Cl2/c17-15-9-11-1-5-13(15)8-4-12-2-6-14(7-3-11)16(18)10-12/h1-2,5-6,9-10H,3-4,7-8H2. The van der Waals surface area contributed by atoms with E-state index in [-0.39, 0.29) is 0 Å². The zero-order valence-electron chi connectivity index (χ0n) is 10.0. The summed E-state index contributed by atoms with van der Waals surface area (Å²) in [6.45, 7) is 0. The molecule has 2 aromatic carbocycles. The van der Waals surface area contributed by atoms with E-state index in [1.807, 2.05) is 0 Å². The summed E-state index contributed by atoms with van der Waals surface area (Å²) in [7, 11) is 0. The Balaban J connectivity index is 2.03. The van der Waals surface area contributed by atoms with Crippen LogP contribution in [0, 0.1) is 0 Å². The second kappa shape index (κ2) is 4.95. The first-order valence-electron chi connectivity index (χ1n) is 6.27. The van der Waals surface area contributed by atoms with E-state index in [4.69, 9.17) is 23.2 Å². The molecule has 0 aliphatic heterocycles. The van der Waals surface area contributed by atoms with E-state index in [0.717, 1.165) is 35.7 Å². The van der Waals surface area contributed by atoms with Crippen molar-refractivity contribution < 1.29 is 0 Å². The van der Waals surface area contributed by atoms with Gasteiger partial charge in [-0.3, -0.25) is 0 Å². The van der Waals surface area contributed by atoms with Crippen molar-refractivity contribution in [2.45, 2.75) is 25.7 Å². The maximum Gasteiger partial charge on any atom is 0.0440 e. The van der Waals surface area contributed by atoms with Gasteiger partial charge in [0.05, 0.1) is 0 Å². The average molecular weight is 277 g/mol. The van der Waals surface area contributed by atoms with Crippen LogP contribution in [0.25, 0.3) is 0 Å². The van der Waals surface area contributed by atoms with Crippen LogP contribution in [0.4, 0.5) is 0 Å². The summed E-state index contributed by atoms with van der Waals surface area (Å²) >= 11 is 12.6. The predicted molar refractivity (Wildman–Crippen MR) is 77.7 cm³/mol. The molecule has 0 amide bonds. The highest BCUT2D eigenvalue weighted by Crippen LogP contribution is 2.25. The Bertz CT molecular complexity index is 534. The van der Waals surface area contributed by atoms with Crippen molar-refractivity contribution in [2.24, 2.45) is 0 Å². The quantitative estimate of drug-likeness (QED) is 0.644. The van der Waals surface area contributed by atoms with Crippen molar-refractivity contribution >= 4 is 23.2 Å². The van der Waals surface area contributed by atoms with Crippen molar-refractivity contribution in [1.29, 1.82) is 0 Å². The Labute approximate surface area is 118 Å². The highest BCUT2D eigenvalue weighted by Gasteiger charge is 2.08. The van der Waals surface area contributed by atoms with Crippen LogP contribution in [0.2, 0.25) is 10.0 Å². The first-order valence-corrected chi connectivity index (χ1v) is 7.02. The van der Waals surface area contributed by atoms with Gasteiger partial charge in [-0.05, 0) is 60.1 Å². The molecule has 4 bridgehead atoms. The maximum absolute atomic E-state index is 6.32. The number of halogens is 2. The van der Waals surface area contributed by atoms with Gasteiger partial charge < -0.3 is 0 Å². The highest BCUT2D eigenvalue weighted by atomic mass is 35.5. The molecule has 0 radical (unpaired) electrons. The molecule has 2 aromatic rings. The summed E-state index contributed by atoms with van der Waals surface area (Å²) in [5.74, 6) is 0. The predicted octanol–water partition coefficient (Wildman–Crippen LogP) is 4.88. The fraction of sp³-hybridized carbons (Fsp3) is 0.250. The zero-order valence-corrected chi connectivity index (χ0v) is 11.6. The van der Waals surface area contributed by atoms with Gasteiger partial charge in [-0.2, -0.15) is 0 Å². The minimum absolute atomic E-state index is 0.897. The lowest BCUT2D eigenvalue weighted by Gasteiger charge is -2.12. The number of hydrogen-bond donors (Lipinski definition) is 0. The van der Waals surface area contributed by atoms with Gasteiger partial charge in [0.1, 0.15) is 0 Å². The average Bonchev–Trinajstić information content (AvgIpc) is 2.34. The monoisotopic (exact) mass is 276 g/mol. The Morgan fingerprint density at radius 2 is 1.06 bits per heavy atom. The van der Waals surface area contributed by atoms with E-state index >= 15 is 0 Å². The SMILES string of the molecule is Clc1cc2ccc1CCc1ccc(c(Cl)c1)CC2. The molecule has 0 aromatic heterocycles. The molecule has 0 atom stereocenters. The van der Waals surface area contributed by atoms with Crippen LogP contribution in [-0.2, 0) is 25.7 Å². The third-order valence-electron chi connectivity index (χ3n) is 3.60. The third kappa shape index (κ3) is 2.41. The van der Waals surface area contributed by atoms with E-state index in [0.29, 0.717) is 0 Å². The van der Waals surface area contributed by atoms with E-state index in [1.54, 1.807) is 0 Å². The molecule has 4 aliphatic carbocycles. The Morgan fingerprint density at radius 3 is 1.44 bits per heavy atom. The topological polar surface area (TPSA) is 0 Å². The van der Waals surface area contributed by atoms with Gasteiger partial charge in [0.25, 0.3) is 0 Å². The molecule has 0 saturated heterocycles. The molecular weight excluding hydrogens is 263 g/mol. The molecule has 18 heavy (non-hydrogen) atoms. The van der Waals surface area contributed by atoms with Gasteiger partial charge >= 0.3 is 0 Å². The van der Waals surface area contributed by atoms with Crippen LogP contribution in [0.5, 0.6) is 0 Å². The van der Waals surface area contributed by atoms with E-state index in [9.17, 15) is 0 Å². The summed E-state index contributed by atoms with van der Waals surface area (Å²) in [5.41, 5.74) is 5.01. The number of benzene rings is 2. The lowest BCUT2D eigenvalue weighted by atomic mass is 9.97. The van der Waals surface area contributed by atoms with Crippen molar-refractivity contribution in [3.8, 4) is 0 Å². The van der Waals surface area contributed by atoms with Gasteiger partial charge in [-0.25, -0.2) is 0 Å². The summed E-state index contributed by atoms with van der Waals surface area (Å²) in [6, 6.07) is 12.9. The Hall–Kier alpha value is -0.980. The van der Waals surface area contributed by atoms with Crippen LogP contribution in [-0.4, -0.2) is 0 Å². The van der Waals surface area contributed by atoms with Gasteiger partial charge in [0, 0.05) is 10.0 Å². The number of rotatable bonds is 0. The van der Waals surface area contributed by atoms with Crippen molar-refractivity contribution in [3.05, 3.63) is 68.7 Å². The first kappa shape index (κ1) is 12.1. The van der Waals surface area contributed by atoms with Gasteiger partial charge in [0.2, 0.25) is 0 Å². The summed E-state index contributed by atoms with van der Waals surface area (Å²) in [6.07, 6.45) is 3.90. The van der Waals surface area contributed by atoms with Gasteiger partial charge in [0.15, 0.2) is 0 Å². The molecule has 4 aliphatic rings. The fourth-order valence-electron chi connectivity index (χ4n) is 2.46. The minimum atomic E-state index is 0.897. The lowest BCUT2D eigenvalue weighted by Crippen LogP contribution is -1.99. The molecule has 0 fully saturated rings. The van der Waals surface area contributed by atoms with Crippen LogP contribution in [0.1, 0.15) is 22.3 Å². The third-order valence-corrected chi connectivity index (χ3v) is 4.30. The largest absolute Gasteiger partial charge is 0.0840 e. The molecule has 0 saturated carbocycles. The van der Waals surface area contributed by atoms with E-state index in [1.165, 1.54) is 22.3 Å². The van der Waals surface area contributed by atoms with E-state index in [2.05, 4.69) is 36.4 Å². The molecule has 0 nitrogen and oxygen atoms in total. The van der Waals surface area contributed by atoms with Gasteiger partial charge in [-0.15, -0.1) is 0 Å². The number of hydrogen-bond acceptors (Lipinski definition) is 0. The van der Waals surface area contributed by atoms with E-state index < -0.39 is 0 Å². The normalized spacial score (nSPS) is 14.3. The molecule has 0 unspecified atom stereocenters. The van der Waals surface area contributed by atoms with Crippen LogP contribution < -0.4 is 0 Å². The molecule has 6 rings (SSSR count). The lowest BCUT2D eigenvalue weighted by molar-refractivity contribution is 0.922. The maximum atomic E-state index is 6.32. The summed E-state index contributed by atoms with van der Waals surface area (Å²) < 4.78 is 0. The molecule has 92 valence electrons.